The number of fused-ring (bicyclic) bond motifs is 1. The molecule has 5 aromatic rings. The first-order valence-electron chi connectivity index (χ1n) is 13.8. The molecular weight excluding hydrogens is 512 g/mol. The first kappa shape index (κ1) is 27.5. The molecule has 7 heteroatoms. The number of benzene rings is 3. The topological polar surface area (TPSA) is 93.2 Å². The van der Waals surface area contributed by atoms with Gasteiger partial charge in [0, 0.05) is 22.8 Å². The number of ether oxygens (including phenoxy) is 1. The summed E-state index contributed by atoms with van der Waals surface area (Å²) in [4.78, 5) is 35.6. The number of hydrogen-bond donors (Lipinski definition) is 2. The summed E-state index contributed by atoms with van der Waals surface area (Å²) in [7, 11) is 0. The van der Waals surface area contributed by atoms with Gasteiger partial charge >= 0.3 is 0 Å². The van der Waals surface area contributed by atoms with E-state index in [4.69, 9.17) is 9.72 Å². The highest BCUT2D eigenvalue weighted by atomic mass is 16.5. The highest BCUT2D eigenvalue weighted by Crippen LogP contribution is 2.37. The Morgan fingerprint density at radius 3 is 2.29 bits per heavy atom. The summed E-state index contributed by atoms with van der Waals surface area (Å²) in [5, 5.41) is 6.80. The molecule has 0 aliphatic carbocycles. The van der Waals surface area contributed by atoms with Crippen LogP contribution in [0.3, 0.4) is 0 Å². The normalized spacial score (nSPS) is 11.5. The summed E-state index contributed by atoms with van der Waals surface area (Å²) in [6.07, 6.45) is 2.57. The Morgan fingerprint density at radius 2 is 1.56 bits per heavy atom. The van der Waals surface area contributed by atoms with Crippen LogP contribution in [-0.2, 0) is 11.2 Å². The SMILES string of the molecule is CCC(NC(=O)c1c(OCCNC(=O)Cc2ccccn2)c(-c2ccccc2)nc2ccccc12)c1ccccc1. The maximum absolute atomic E-state index is 14.1. The number of hydrogen-bond acceptors (Lipinski definition) is 5. The van der Waals surface area contributed by atoms with Crippen molar-refractivity contribution in [3.8, 4) is 17.0 Å². The third kappa shape index (κ3) is 6.76. The second-order valence-electron chi connectivity index (χ2n) is 9.59. The molecule has 2 N–H and O–H groups in total. The maximum Gasteiger partial charge on any atom is 0.256 e. The zero-order chi connectivity index (χ0) is 28.4. The molecule has 0 spiro atoms. The van der Waals surface area contributed by atoms with Crippen LogP contribution in [0.4, 0.5) is 0 Å². The second kappa shape index (κ2) is 13.3. The van der Waals surface area contributed by atoms with Crippen LogP contribution in [0.1, 0.15) is 41.0 Å². The average Bonchev–Trinajstić information content (AvgIpc) is 3.02. The van der Waals surface area contributed by atoms with Gasteiger partial charge in [0.05, 0.1) is 30.1 Å². The molecule has 0 fully saturated rings. The summed E-state index contributed by atoms with van der Waals surface area (Å²) >= 11 is 0. The highest BCUT2D eigenvalue weighted by molar-refractivity contribution is 6.10. The lowest BCUT2D eigenvalue weighted by Crippen LogP contribution is -2.31. The molecular formula is C34H32N4O3. The molecule has 2 heterocycles. The van der Waals surface area contributed by atoms with E-state index in [0.29, 0.717) is 33.6 Å². The van der Waals surface area contributed by atoms with E-state index in [2.05, 4.69) is 15.6 Å². The molecule has 1 unspecified atom stereocenters. The van der Waals surface area contributed by atoms with Crippen LogP contribution in [0.5, 0.6) is 5.75 Å². The monoisotopic (exact) mass is 544 g/mol. The Labute approximate surface area is 239 Å². The van der Waals surface area contributed by atoms with Crippen molar-refractivity contribution in [2.75, 3.05) is 13.2 Å². The number of aromatic nitrogens is 2. The van der Waals surface area contributed by atoms with Crippen molar-refractivity contribution in [3.63, 3.8) is 0 Å². The standard InChI is InChI=1S/C34H32N4O3/c1-2-28(24-13-5-3-6-14-24)38-34(40)31-27-18-9-10-19-29(27)37-32(25-15-7-4-8-16-25)33(31)41-22-21-36-30(39)23-26-17-11-12-20-35-26/h3-20,28H,2,21-23H2,1H3,(H,36,39)(H,38,40). The first-order valence-corrected chi connectivity index (χ1v) is 13.8. The lowest BCUT2D eigenvalue weighted by atomic mass is 10.00. The molecule has 0 aliphatic heterocycles. The molecule has 0 aliphatic rings. The molecule has 7 nitrogen and oxygen atoms in total. The van der Waals surface area contributed by atoms with Crippen LogP contribution in [0.2, 0.25) is 0 Å². The number of amides is 2. The predicted molar refractivity (Wildman–Crippen MR) is 161 cm³/mol. The fourth-order valence-corrected chi connectivity index (χ4v) is 4.76. The third-order valence-corrected chi connectivity index (χ3v) is 6.78. The summed E-state index contributed by atoms with van der Waals surface area (Å²) in [5.41, 5.74) is 4.24. The Hall–Kier alpha value is -5.04. The number of carbonyl (C=O) groups excluding carboxylic acids is 2. The Bertz CT molecular complexity index is 1610. The van der Waals surface area contributed by atoms with Crippen LogP contribution in [0, 0.1) is 0 Å². The van der Waals surface area contributed by atoms with Gasteiger partial charge in [-0.3, -0.25) is 14.6 Å². The van der Waals surface area contributed by atoms with Gasteiger partial charge in [-0.05, 0) is 30.2 Å². The lowest BCUT2D eigenvalue weighted by molar-refractivity contribution is -0.120. The van der Waals surface area contributed by atoms with Crippen LogP contribution in [0.15, 0.2) is 109 Å². The quantitative estimate of drug-likeness (QED) is 0.202. The van der Waals surface area contributed by atoms with Crippen molar-refractivity contribution < 1.29 is 14.3 Å². The number of rotatable bonds is 11. The van der Waals surface area contributed by atoms with E-state index in [9.17, 15) is 9.59 Å². The largest absolute Gasteiger partial charge is 0.489 e. The number of para-hydroxylation sites is 1. The first-order chi connectivity index (χ1) is 20.1. The Balaban J connectivity index is 1.46. The molecule has 2 aromatic heterocycles. The average molecular weight is 545 g/mol. The smallest absolute Gasteiger partial charge is 0.256 e. The minimum absolute atomic E-state index is 0.154. The summed E-state index contributed by atoms with van der Waals surface area (Å²) in [6, 6.07) is 32.5. The highest BCUT2D eigenvalue weighted by Gasteiger charge is 2.25. The molecule has 0 radical (unpaired) electrons. The van der Waals surface area contributed by atoms with Crippen LogP contribution < -0.4 is 15.4 Å². The fourth-order valence-electron chi connectivity index (χ4n) is 4.76. The van der Waals surface area contributed by atoms with E-state index in [1.807, 2.05) is 110 Å². The fraction of sp³-hybridized carbons (Fsp3) is 0.176. The van der Waals surface area contributed by atoms with Crippen molar-refractivity contribution in [1.82, 2.24) is 20.6 Å². The van der Waals surface area contributed by atoms with Gasteiger partial charge in [0.25, 0.3) is 5.91 Å². The molecule has 0 saturated carbocycles. The zero-order valence-electron chi connectivity index (χ0n) is 22.9. The molecule has 5 rings (SSSR count). The van der Waals surface area contributed by atoms with E-state index < -0.39 is 0 Å². The van der Waals surface area contributed by atoms with Gasteiger partial charge in [0.15, 0.2) is 5.75 Å². The number of pyridine rings is 2. The van der Waals surface area contributed by atoms with Crippen molar-refractivity contribution in [2.24, 2.45) is 0 Å². The van der Waals surface area contributed by atoms with Gasteiger partial charge in [-0.1, -0.05) is 91.9 Å². The Kier molecular flexibility index (Phi) is 8.96. The summed E-state index contributed by atoms with van der Waals surface area (Å²) in [5.74, 6) is -0.0150. The number of nitrogens with one attached hydrogen (secondary N) is 2. The Morgan fingerprint density at radius 1 is 0.854 bits per heavy atom. The van der Waals surface area contributed by atoms with Gasteiger partial charge in [0.1, 0.15) is 12.3 Å². The van der Waals surface area contributed by atoms with Crippen molar-refractivity contribution in [2.45, 2.75) is 25.8 Å². The molecule has 0 saturated heterocycles. The van der Waals surface area contributed by atoms with Crippen molar-refractivity contribution >= 4 is 22.7 Å². The second-order valence-corrected chi connectivity index (χ2v) is 9.59. The van der Waals surface area contributed by atoms with E-state index in [0.717, 1.165) is 17.5 Å². The van der Waals surface area contributed by atoms with E-state index in [1.165, 1.54) is 0 Å². The molecule has 2 amide bonds. The van der Waals surface area contributed by atoms with Gasteiger partial charge in [-0.15, -0.1) is 0 Å². The zero-order valence-corrected chi connectivity index (χ0v) is 22.9. The molecule has 0 bridgehead atoms. The lowest BCUT2D eigenvalue weighted by Gasteiger charge is -2.21. The third-order valence-electron chi connectivity index (χ3n) is 6.78. The van der Waals surface area contributed by atoms with Crippen LogP contribution >= 0.6 is 0 Å². The molecule has 1 atom stereocenters. The predicted octanol–water partition coefficient (Wildman–Crippen LogP) is 5.92. The minimum atomic E-state index is -0.245. The summed E-state index contributed by atoms with van der Waals surface area (Å²) < 4.78 is 6.32. The number of nitrogens with zero attached hydrogens (tertiary/aromatic N) is 2. The van der Waals surface area contributed by atoms with E-state index in [1.54, 1.807) is 6.20 Å². The van der Waals surface area contributed by atoms with Gasteiger partial charge < -0.3 is 15.4 Å². The van der Waals surface area contributed by atoms with Crippen LogP contribution in [0.25, 0.3) is 22.2 Å². The van der Waals surface area contributed by atoms with Crippen molar-refractivity contribution in [1.29, 1.82) is 0 Å². The number of carbonyl (C=O) groups is 2. The van der Waals surface area contributed by atoms with E-state index in [-0.39, 0.29) is 37.4 Å². The maximum atomic E-state index is 14.1. The van der Waals surface area contributed by atoms with E-state index >= 15 is 0 Å². The van der Waals surface area contributed by atoms with Crippen molar-refractivity contribution in [3.05, 3.63) is 126 Å². The van der Waals surface area contributed by atoms with Gasteiger partial charge in [-0.2, -0.15) is 0 Å². The molecule has 41 heavy (non-hydrogen) atoms. The molecule has 3 aromatic carbocycles. The van der Waals surface area contributed by atoms with Crippen LogP contribution in [-0.4, -0.2) is 34.9 Å². The minimum Gasteiger partial charge on any atom is -0.489 e. The summed E-state index contributed by atoms with van der Waals surface area (Å²) in [6.45, 7) is 2.46. The van der Waals surface area contributed by atoms with Gasteiger partial charge in [-0.25, -0.2) is 4.98 Å². The van der Waals surface area contributed by atoms with Gasteiger partial charge in [0.2, 0.25) is 5.91 Å². The molecule has 206 valence electrons.